The van der Waals surface area contributed by atoms with Crippen molar-refractivity contribution in [3.05, 3.63) is 71.8 Å². The molecule has 1 amide bonds. The molecule has 22 heavy (non-hydrogen) atoms. The van der Waals surface area contributed by atoms with E-state index in [0.29, 0.717) is 18.8 Å². The molecule has 0 unspecified atom stereocenters. The predicted molar refractivity (Wildman–Crippen MR) is 89.1 cm³/mol. The lowest BCUT2D eigenvalue weighted by Crippen LogP contribution is -2.21. The lowest BCUT2D eigenvalue weighted by Gasteiger charge is -2.19. The fraction of sp³-hybridized carbons (Fsp3) is 0.263. The summed E-state index contributed by atoms with van der Waals surface area (Å²) in [6.07, 6.45) is 1.67. The highest BCUT2D eigenvalue weighted by molar-refractivity contribution is 5.99. The third kappa shape index (κ3) is 5.26. The van der Waals surface area contributed by atoms with Crippen molar-refractivity contribution >= 4 is 12.1 Å². The maximum Gasteiger partial charge on any atom is 0.276 e. The molecule has 0 aliphatic carbocycles. The number of hydrogen-bond acceptors (Lipinski definition) is 2. The Morgan fingerprint density at radius 2 is 1.64 bits per heavy atom. The normalized spacial score (nSPS) is 11.7. The predicted octanol–water partition coefficient (Wildman–Crippen LogP) is 4.14. The average molecular weight is 295 g/mol. The van der Waals surface area contributed by atoms with Gasteiger partial charge < -0.3 is 4.74 Å². The van der Waals surface area contributed by atoms with Gasteiger partial charge in [-0.25, -0.2) is 4.99 Å². The van der Waals surface area contributed by atoms with Gasteiger partial charge in [0, 0.05) is 17.2 Å². The van der Waals surface area contributed by atoms with E-state index >= 15 is 0 Å². The number of aliphatic imine (C=N–C) groups is 1. The number of carbonyl (C=O) groups is 1. The molecule has 3 heteroatoms. The van der Waals surface area contributed by atoms with Gasteiger partial charge in [-0.2, -0.15) is 0 Å². The summed E-state index contributed by atoms with van der Waals surface area (Å²) in [5, 5.41) is 0. The molecule has 0 heterocycles. The third-order valence-corrected chi connectivity index (χ3v) is 3.14. The van der Waals surface area contributed by atoms with E-state index in [-0.39, 0.29) is 11.3 Å². The molecule has 0 N–H and O–H groups in total. The van der Waals surface area contributed by atoms with Gasteiger partial charge in [-0.05, 0) is 17.7 Å². The molecule has 0 radical (unpaired) electrons. The van der Waals surface area contributed by atoms with Crippen molar-refractivity contribution < 1.29 is 9.53 Å². The van der Waals surface area contributed by atoms with Crippen LogP contribution in [0, 0.1) is 5.41 Å². The second kappa shape index (κ2) is 7.66. The molecule has 0 spiro atoms. The van der Waals surface area contributed by atoms with Crippen LogP contribution in [0.15, 0.2) is 65.7 Å². The maximum absolute atomic E-state index is 11.9. The molecule has 3 nitrogen and oxygen atoms in total. The van der Waals surface area contributed by atoms with Crippen molar-refractivity contribution in [3.8, 4) is 0 Å². The summed E-state index contributed by atoms with van der Waals surface area (Å²) in [6.45, 7) is 5.07. The fourth-order valence-electron chi connectivity index (χ4n) is 1.93. The van der Waals surface area contributed by atoms with E-state index in [0.717, 1.165) is 5.56 Å². The fourth-order valence-corrected chi connectivity index (χ4v) is 1.93. The van der Waals surface area contributed by atoms with Crippen LogP contribution in [0.2, 0.25) is 0 Å². The molecule has 114 valence electrons. The minimum absolute atomic E-state index is 0.225. The maximum atomic E-state index is 11.9. The van der Waals surface area contributed by atoms with Crippen molar-refractivity contribution in [1.82, 2.24) is 0 Å². The van der Waals surface area contributed by atoms with Crippen LogP contribution in [-0.4, -0.2) is 18.7 Å². The summed E-state index contributed by atoms with van der Waals surface area (Å²) in [5.41, 5.74) is 1.44. The second-order valence-electron chi connectivity index (χ2n) is 5.90. The average Bonchev–Trinajstić information content (AvgIpc) is 2.54. The number of nitrogens with zero attached hydrogens (tertiary/aromatic N) is 1. The summed E-state index contributed by atoms with van der Waals surface area (Å²) in [5.74, 6) is -0.225. The van der Waals surface area contributed by atoms with E-state index in [1.54, 1.807) is 18.3 Å². The highest BCUT2D eigenvalue weighted by Crippen LogP contribution is 2.14. The Morgan fingerprint density at radius 3 is 2.27 bits per heavy atom. The number of rotatable bonds is 6. The first-order chi connectivity index (χ1) is 10.6. The van der Waals surface area contributed by atoms with Gasteiger partial charge >= 0.3 is 0 Å². The van der Waals surface area contributed by atoms with Crippen LogP contribution in [0.3, 0.4) is 0 Å². The molecule has 0 atom stereocenters. The standard InChI is InChI=1S/C19H21NO2/c1-19(2,15-22-13-16-9-5-3-6-10-16)14-20-18(21)17-11-7-4-8-12-17/h3-12,14H,13,15H2,1-2H3/b20-14-. The Labute approximate surface area is 131 Å². The van der Waals surface area contributed by atoms with E-state index in [1.165, 1.54) is 0 Å². The summed E-state index contributed by atoms with van der Waals surface area (Å²) in [7, 11) is 0. The lowest BCUT2D eigenvalue weighted by molar-refractivity contribution is 0.0801. The van der Waals surface area contributed by atoms with E-state index < -0.39 is 0 Å². The highest BCUT2D eigenvalue weighted by atomic mass is 16.5. The van der Waals surface area contributed by atoms with Crippen LogP contribution < -0.4 is 0 Å². The van der Waals surface area contributed by atoms with Crippen molar-refractivity contribution in [3.63, 3.8) is 0 Å². The van der Waals surface area contributed by atoms with E-state index in [4.69, 9.17) is 4.74 Å². The molecule has 0 fully saturated rings. The van der Waals surface area contributed by atoms with Crippen LogP contribution >= 0.6 is 0 Å². The largest absolute Gasteiger partial charge is 0.376 e. The highest BCUT2D eigenvalue weighted by Gasteiger charge is 2.16. The van der Waals surface area contributed by atoms with E-state index in [2.05, 4.69) is 4.99 Å². The summed E-state index contributed by atoms with van der Waals surface area (Å²) < 4.78 is 5.72. The number of amides is 1. The smallest absolute Gasteiger partial charge is 0.276 e. The Balaban J connectivity index is 1.85. The molecule has 0 aromatic heterocycles. The molecular formula is C19H21NO2. The monoisotopic (exact) mass is 295 g/mol. The second-order valence-corrected chi connectivity index (χ2v) is 5.90. The topological polar surface area (TPSA) is 38.7 Å². The zero-order chi connectivity index (χ0) is 15.8. The number of benzene rings is 2. The number of carbonyl (C=O) groups excluding carboxylic acids is 1. The molecule has 0 aliphatic heterocycles. The van der Waals surface area contributed by atoms with Gasteiger partial charge in [0.1, 0.15) is 0 Å². The van der Waals surface area contributed by atoms with Gasteiger partial charge in [-0.15, -0.1) is 0 Å². The first-order valence-corrected chi connectivity index (χ1v) is 7.33. The van der Waals surface area contributed by atoms with E-state index in [1.807, 2.05) is 62.4 Å². The van der Waals surface area contributed by atoms with E-state index in [9.17, 15) is 4.79 Å². The van der Waals surface area contributed by atoms with Gasteiger partial charge in [-0.1, -0.05) is 62.4 Å². The first kappa shape index (κ1) is 16.1. The van der Waals surface area contributed by atoms with Crippen LogP contribution in [0.1, 0.15) is 29.8 Å². The zero-order valence-electron chi connectivity index (χ0n) is 13.0. The molecular weight excluding hydrogens is 274 g/mol. The zero-order valence-corrected chi connectivity index (χ0v) is 13.0. The quantitative estimate of drug-likeness (QED) is 0.751. The van der Waals surface area contributed by atoms with Crippen LogP contribution in [0.5, 0.6) is 0 Å². The van der Waals surface area contributed by atoms with Crippen LogP contribution in [-0.2, 0) is 11.3 Å². The van der Waals surface area contributed by atoms with Gasteiger partial charge in [0.05, 0.1) is 13.2 Å². The molecule has 0 saturated carbocycles. The van der Waals surface area contributed by atoms with Crippen molar-refractivity contribution in [2.75, 3.05) is 6.61 Å². The van der Waals surface area contributed by atoms with Crippen LogP contribution in [0.25, 0.3) is 0 Å². The molecule has 2 rings (SSSR count). The van der Waals surface area contributed by atoms with Crippen molar-refractivity contribution in [1.29, 1.82) is 0 Å². The van der Waals surface area contributed by atoms with Gasteiger partial charge in [0.15, 0.2) is 0 Å². The van der Waals surface area contributed by atoms with Gasteiger partial charge in [0.25, 0.3) is 5.91 Å². The summed E-state index contributed by atoms with van der Waals surface area (Å²) >= 11 is 0. The minimum atomic E-state index is -0.292. The molecule has 2 aromatic rings. The molecule has 2 aromatic carbocycles. The Bertz CT molecular complexity index is 618. The van der Waals surface area contributed by atoms with Crippen LogP contribution in [0.4, 0.5) is 0 Å². The van der Waals surface area contributed by atoms with Gasteiger partial charge in [-0.3, -0.25) is 4.79 Å². The lowest BCUT2D eigenvalue weighted by atomic mass is 9.97. The SMILES string of the molecule is CC(C)(/C=N\C(=O)c1ccccc1)COCc1ccccc1. The molecule has 0 saturated heterocycles. The number of ether oxygens (including phenoxy) is 1. The van der Waals surface area contributed by atoms with Gasteiger partial charge in [0.2, 0.25) is 0 Å². The summed E-state index contributed by atoms with van der Waals surface area (Å²) in [4.78, 5) is 16.0. The Hall–Kier alpha value is -2.26. The van der Waals surface area contributed by atoms with Crippen molar-refractivity contribution in [2.24, 2.45) is 10.4 Å². The molecule has 0 aliphatic rings. The Morgan fingerprint density at radius 1 is 1.05 bits per heavy atom. The Kier molecular flexibility index (Phi) is 5.61. The third-order valence-electron chi connectivity index (χ3n) is 3.14. The first-order valence-electron chi connectivity index (χ1n) is 7.33. The number of hydrogen-bond donors (Lipinski definition) is 0. The summed E-state index contributed by atoms with van der Waals surface area (Å²) in [6, 6.07) is 19.1. The minimum Gasteiger partial charge on any atom is -0.376 e. The van der Waals surface area contributed by atoms with Crippen molar-refractivity contribution in [2.45, 2.75) is 20.5 Å². The molecule has 0 bridgehead atoms.